The van der Waals surface area contributed by atoms with E-state index in [2.05, 4.69) is 62.4 Å². The molecule has 1 aliphatic rings. The molecule has 8 nitrogen and oxygen atoms in total. The van der Waals surface area contributed by atoms with Crippen LogP contribution >= 0.6 is 35.5 Å². The van der Waals surface area contributed by atoms with Gasteiger partial charge in [-0.1, -0.05) is 26.8 Å². The Kier molecular flexibility index (Phi) is 9.81. The molecule has 3 rings (SSSR count). The minimum absolute atomic E-state index is 0. The van der Waals surface area contributed by atoms with Crippen molar-refractivity contribution >= 4 is 46.6 Å². The van der Waals surface area contributed by atoms with Crippen LogP contribution in [-0.2, 0) is 11.8 Å². The van der Waals surface area contributed by atoms with Crippen LogP contribution in [0.25, 0.3) is 0 Å². The van der Waals surface area contributed by atoms with E-state index in [4.69, 9.17) is 9.47 Å². The number of methoxy groups -OCH3 is 2. The van der Waals surface area contributed by atoms with Crippen molar-refractivity contribution in [3.8, 4) is 11.5 Å². The highest BCUT2D eigenvalue weighted by Crippen LogP contribution is 2.33. The zero-order valence-corrected chi connectivity index (χ0v) is 23.0. The first kappa shape index (κ1) is 26.4. The molecule has 0 unspecified atom stereocenters. The summed E-state index contributed by atoms with van der Waals surface area (Å²) in [4.78, 5) is 13.8. The van der Waals surface area contributed by atoms with Crippen molar-refractivity contribution in [1.82, 2.24) is 19.6 Å². The van der Waals surface area contributed by atoms with Gasteiger partial charge in [-0.15, -0.1) is 24.0 Å². The summed E-state index contributed by atoms with van der Waals surface area (Å²) in [5, 5.41) is 4.59. The molecular formula is C22H35IN6O2S. The summed E-state index contributed by atoms with van der Waals surface area (Å²) in [6, 6.07) is 6.10. The maximum atomic E-state index is 5.48. The number of ether oxygens (including phenoxy) is 2. The molecule has 0 spiro atoms. The van der Waals surface area contributed by atoms with Crippen LogP contribution in [0.5, 0.6) is 11.5 Å². The van der Waals surface area contributed by atoms with E-state index in [0.717, 1.165) is 67.6 Å². The fourth-order valence-corrected chi connectivity index (χ4v) is 4.42. The summed E-state index contributed by atoms with van der Waals surface area (Å²) >= 11 is 1.49. The minimum Gasteiger partial charge on any atom is -0.493 e. The van der Waals surface area contributed by atoms with E-state index in [0.29, 0.717) is 0 Å². The van der Waals surface area contributed by atoms with Crippen molar-refractivity contribution < 1.29 is 9.47 Å². The molecule has 0 saturated carbocycles. The second kappa shape index (κ2) is 11.9. The lowest BCUT2D eigenvalue weighted by atomic mass is 9.84. The molecule has 0 aliphatic carbocycles. The monoisotopic (exact) mass is 574 g/mol. The molecule has 32 heavy (non-hydrogen) atoms. The molecule has 1 aliphatic heterocycles. The van der Waals surface area contributed by atoms with Gasteiger partial charge >= 0.3 is 0 Å². The molecule has 178 valence electrons. The average molecular weight is 575 g/mol. The first-order valence-corrected chi connectivity index (χ1v) is 11.4. The molecule has 0 amide bonds. The van der Waals surface area contributed by atoms with Gasteiger partial charge in [0, 0.05) is 63.1 Å². The van der Waals surface area contributed by atoms with Crippen molar-refractivity contribution in [2.75, 3.05) is 58.9 Å². The number of piperazine rings is 1. The molecular weight excluding hydrogens is 539 g/mol. The highest BCUT2D eigenvalue weighted by molar-refractivity contribution is 14.0. The number of hydrogen-bond acceptors (Lipinski definition) is 7. The lowest BCUT2D eigenvalue weighted by Gasteiger charge is -2.37. The molecule has 0 bridgehead atoms. The van der Waals surface area contributed by atoms with Gasteiger partial charge in [-0.2, -0.15) is 4.37 Å². The molecule has 1 saturated heterocycles. The second-order valence-electron chi connectivity index (χ2n) is 8.18. The van der Waals surface area contributed by atoms with Gasteiger partial charge in [0.25, 0.3) is 0 Å². The normalized spacial score (nSPS) is 14.8. The van der Waals surface area contributed by atoms with Gasteiger partial charge < -0.3 is 24.6 Å². The molecule has 0 radical (unpaired) electrons. The predicted molar refractivity (Wildman–Crippen MR) is 142 cm³/mol. The molecule has 2 heterocycles. The van der Waals surface area contributed by atoms with Crippen LogP contribution in [0.15, 0.2) is 23.2 Å². The van der Waals surface area contributed by atoms with Gasteiger partial charge in [-0.05, 0) is 17.7 Å². The predicted octanol–water partition coefficient (Wildman–Crippen LogP) is 3.41. The Morgan fingerprint density at radius 1 is 1.16 bits per heavy atom. The third-order valence-corrected chi connectivity index (χ3v) is 6.50. The molecule has 1 fully saturated rings. The van der Waals surface area contributed by atoms with Crippen molar-refractivity contribution in [1.29, 1.82) is 0 Å². The summed E-state index contributed by atoms with van der Waals surface area (Å²) < 4.78 is 15.3. The Balaban J connectivity index is 0.00000363. The summed E-state index contributed by atoms with van der Waals surface area (Å²) in [5.41, 5.74) is 1.07. The number of aliphatic imine (C=N–C) groups is 1. The quantitative estimate of drug-likeness (QED) is 0.309. The molecule has 2 aromatic rings. The fraction of sp³-hybridized carbons (Fsp3) is 0.591. The van der Waals surface area contributed by atoms with Crippen LogP contribution in [0.4, 0.5) is 5.13 Å². The number of nitrogens with zero attached hydrogens (tertiary/aromatic N) is 5. The van der Waals surface area contributed by atoms with Crippen LogP contribution in [0.2, 0.25) is 0 Å². The smallest absolute Gasteiger partial charge is 0.205 e. The van der Waals surface area contributed by atoms with Crippen LogP contribution in [0.3, 0.4) is 0 Å². The average Bonchev–Trinajstić information content (AvgIpc) is 3.28. The Labute approximate surface area is 212 Å². The van der Waals surface area contributed by atoms with E-state index in [9.17, 15) is 0 Å². The maximum Gasteiger partial charge on any atom is 0.205 e. The molecule has 1 N–H and O–H groups in total. The van der Waals surface area contributed by atoms with E-state index >= 15 is 0 Å². The number of nitrogens with one attached hydrogen (secondary N) is 1. The molecule has 1 aromatic heterocycles. The number of aromatic nitrogens is 2. The highest BCUT2D eigenvalue weighted by Gasteiger charge is 2.26. The van der Waals surface area contributed by atoms with E-state index in [-0.39, 0.29) is 29.4 Å². The lowest BCUT2D eigenvalue weighted by Crippen LogP contribution is -2.54. The highest BCUT2D eigenvalue weighted by atomic mass is 127. The standard InChI is InChI=1S/C22H34N6O2S.HI/c1-7-19-25-21(31-26-19)28-12-10-27(11-13-28)20(23-4)24-15-22(2,3)16-8-9-17(29-5)18(14-16)30-6;/h8-9,14H,7,10-13,15H2,1-6H3,(H,23,24);1H. The zero-order valence-electron chi connectivity index (χ0n) is 19.8. The Morgan fingerprint density at radius 2 is 1.84 bits per heavy atom. The Hall–Kier alpha value is -1.82. The lowest BCUT2D eigenvalue weighted by molar-refractivity contribution is 0.352. The summed E-state index contributed by atoms with van der Waals surface area (Å²) in [7, 11) is 5.16. The summed E-state index contributed by atoms with van der Waals surface area (Å²) in [5.74, 6) is 3.35. The third-order valence-electron chi connectivity index (χ3n) is 5.69. The van der Waals surface area contributed by atoms with Crippen molar-refractivity contribution in [3.63, 3.8) is 0 Å². The van der Waals surface area contributed by atoms with Gasteiger partial charge in [-0.25, -0.2) is 4.98 Å². The van der Waals surface area contributed by atoms with Gasteiger partial charge in [0.05, 0.1) is 14.2 Å². The number of hydrogen-bond donors (Lipinski definition) is 1. The van der Waals surface area contributed by atoms with Gasteiger partial charge in [0.2, 0.25) is 5.13 Å². The van der Waals surface area contributed by atoms with Crippen LogP contribution in [0.1, 0.15) is 32.2 Å². The molecule has 1 aromatic carbocycles. The van der Waals surface area contributed by atoms with Gasteiger partial charge in [0.1, 0.15) is 5.82 Å². The topological polar surface area (TPSA) is 75.1 Å². The van der Waals surface area contributed by atoms with E-state index in [1.54, 1.807) is 14.2 Å². The first-order valence-electron chi connectivity index (χ1n) is 10.7. The number of aryl methyl sites for hydroxylation is 1. The number of guanidine groups is 1. The van der Waals surface area contributed by atoms with Crippen LogP contribution in [0, 0.1) is 0 Å². The van der Waals surface area contributed by atoms with Gasteiger partial charge in [-0.3, -0.25) is 4.99 Å². The van der Waals surface area contributed by atoms with E-state index in [1.807, 2.05) is 13.1 Å². The number of benzene rings is 1. The SMILES string of the molecule is CCc1nsc(N2CCN(C(=NC)NCC(C)(C)c3ccc(OC)c(OC)c3)CC2)n1.I. The largest absolute Gasteiger partial charge is 0.493 e. The Bertz CT molecular complexity index is 896. The first-order chi connectivity index (χ1) is 14.9. The second-order valence-corrected chi connectivity index (χ2v) is 8.91. The third kappa shape index (κ3) is 6.15. The van der Waals surface area contributed by atoms with Crippen molar-refractivity contribution in [2.24, 2.45) is 4.99 Å². The number of rotatable bonds is 7. The minimum atomic E-state index is -0.111. The van der Waals surface area contributed by atoms with Crippen molar-refractivity contribution in [2.45, 2.75) is 32.6 Å². The maximum absolute atomic E-state index is 5.48. The number of anilines is 1. The van der Waals surface area contributed by atoms with E-state index in [1.165, 1.54) is 17.1 Å². The van der Waals surface area contributed by atoms with Crippen molar-refractivity contribution in [3.05, 3.63) is 29.6 Å². The molecule has 0 atom stereocenters. The zero-order chi connectivity index (χ0) is 22.4. The van der Waals surface area contributed by atoms with Crippen LogP contribution < -0.4 is 19.7 Å². The summed E-state index contributed by atoms with van der Waals surface area (Å²) in [6.45, 7) is 10.9. The fourth-order valence-electron chi connectivity index (χ4n) is 3.62. The molecule has 10 heteroatoms. The van der Waals surface area contributed by atoms with Crippen LogP contribution in [-0.4, -0.2) is 74.2 Å². The number of halogens is 1. The van der Waals surface area contributed by atoms with Gasteiger partial charge in [0.15, 0.2) is 17.5 Å². The Morgan fingerprint density at radius 3 is 2.41 bits per heavy atom. The van der Waals surface area contributed by atoms with E-state index < -0.39 is 0 Å². The summed E-state index contributed by atoms with van der Waals surface area (Å²) in [6.07, 6.45) is 0.878.